The minimum absolute atomic E-state index is 0.0609. The zero-order valence-electron chi connectivity index (χ0n) is 15.3. The molecule has 0 aliphatic carbocycles. The summed E-state index contributed by atoms with van der Waals surface area (Å²) in [6.45, 7) is 1.15. The Morgan fingerprint density at radius 2 is 1.68 bits per heavy atom. The van der Waals surface area contributed by atoms with E-state index in [0.717, 1.165) is 31.2 Å². The van der Waals surface area contributed by atoms with E-state index in [1.54, 1.807) is 12.1 Å². The fourth-order valence-corrected chi connectivity index (χ4v) is 4.90. The van der Waals surface area contributed by atoms with Crippen molar-refractivity contribution in [1.29, 1.82) is 0 Å². The van der Waals surface area contributed by atoms with Crippen molar-refractivity contribution in [2.45, 2.75) is 37.1 Å². The van der Waals surface area contributed by atoms with E-state index in [9.17, 15) is 17.6 Å². The first-order valence-corrected chi connectivity index (χ1v) is 11.0. The van der Waals surface area contributed by atoms with Crippen molar-refractivity contribution >= 4 is 27.5 Å². The van der Waals surface area contributed by atoms with Crippen LogP contribution in [0.3, 0.4) is 0 Å². The lowest BCUT2D eigenvalue weighted by Crippen LogP contribution is -2.32. The molecule has 2 aromatic carbocycles. The number of hydrogen-bond acceptors (Lipinski definition) is 3. The fraction of sp³-hybridized carbons (Fsp3) is 0.350. The minimum atomic E-state index is -3.68. The number of carbonyl (C=O) groups is 1. The van der Waals surface area contributed by atoms with E-state index >= 15 is 0 Å². The van der Waals surface area contributed by atoms with Crippen molar-refractivity contribution < 1.29 is 17.6 Å². The van der Waals surface area contributed by atoms with E-state index in [2.05, 4.69) is 5.32 Å². The van der Waals surface area contributed by atoms with Gasteiger partial charge in [0.05, 0.1) is 15.5 Å². The Labute approximate surface area is 169 Å². The minimum Gasteiger partial charge on any atom is -0.348 e. The Morgan fingerprint density at radius 1 is 1.04 bits per heavy atom. The molecule has 150 valence electrons. The molecule has 1 fully saturated rings. The first-order valence-electron chi connectivity index (χ1n) is 9.20. The molecule has 1 saturated heterocycles. The molecule has 3 rings (SSSR count). The highest BCUT2D eigenvalue weighted by Gasteiger charge is 2.26. The van der Waals surface area contributed by atoms with Crippen LogP contribution in [0, 0.1) is 5.82 Å². The van der Waals surface area contributed by atoms with E-state index in [1.807, 2.05) is 0 Å². The summed E-state index contributed by atoms with van der Waals surface area (Å²) in [5.74, 6) is -0.841. The van der Waals surface area contributed by atoms with E-state index < -0.39 is 15.9 Å². The average Bonchev–Trinajstić information content (AvgIpc) is 2.97. The predicted octanol–water partition coefficient (Wildman–Crippen LogP) is 3.97. The van der Waals surface area contributed by atoms with Crippen LogP contribution in [-0.2, 0) is 16.6 Å². The molecule has 1 aliphatic rings. The number of rotatable bonds is 5. The summed E-state index contributed by atoms with van der Waals surface area (Å²) in [6.07, 6.45) is 3.70. The third kappa shape index (κ3) is 4.90. The molecule has 2 aromatic rings. The van der Waals surface area contributed by atoms with Gasteiger partial charge in [0, 0.05) is 19.6 Å². The monoisotopic (exact) mass is 424 g/mol. The molecule has 1 amide bonds. The number of amides is 1. The number of nitrogens with one attached hydrogen (secondary N) is 1. The molecule has 1 N–H and O–H groups in total. The zero-order chi connectivity index (χ0) is 20.1. The number of benzene rings is 2. The van der Waals surface area contributed by atoms with Crippen LogP contribution in [0.4, 0.5) is 4.39 Å². The lowest BCUT2D eigenvalue weighted by Gasteiger charge is -2.20. The van der Waals surface area contributed by atoms with Crippen molar-refractivity contribution in [1.82, 2.24) is 9.62 Å². The third-order valence-electron chi connectivity index (χ3n) is 4.75. The van der Waals surface area contributed by atoms with Crippen molar-refractivity contribution in [2.24, 2.45) is 0 Å². The summed E-state index contributed by atoms with van der Waals surface area (Å²) in [7, 11) is -3.68. The molecular formula is C20H22ClFN2O3S. The molecule has 8 heteroatoms. The van der Waals surface area contributed by atoms with E-state index in [1.165, 1.54) is 34.6 Å². The lowest BCUT2D eigenvalue weighted by atomic mass is 10.2. The summed E-state index contributed by atoms with van der Waals surface area (Å²) >= 11 is 6.14. The van der Waals surface area contributed by atoms with E-state index in [4.69, 9.17) is 11.6 Å². The van der Waals surface area contributed by atoms with Gasteiger partial charge < -0.3 is 5.32 Å². The third-order valence-corrected chi connectivity index (χ3v) is 6.98. The van der Waals surface area contributed by atoms with Gasteiger partial charge in [-0.3, -0.25) is 4.79 Å². The summed E-state index contributed by atoms with van der Waals surface area (Å²) in [5, 5.41) is 2.86. The molecule has 0 aromatic heterocycles. The first-order chi connectivity index (χ1) is 13.4. The van der Waals surface area contributed by atoms with Gasteiger partial charge in [-0.25, -0.2) is 12.8 Å². The molecule has 0 spiro atoms. The van der Waals surface area contributed by atoms with Crippen molar-refractivity contribution in [2.75, 3.05) is 13.1 Å². The maximum Gasteiger partial charge on any atom is 0.253 e. The molecule has 0 bridgehead atoms. The van der Waals surface area contributed by atoms with Gasteiger partial charge in [-0.05, 0) is 48.7 Å². The van der Waals surface area contributed by atoms with Crippen molar-refractivity contribution in [3.05, 3.63) is 64.4 Å². The second-order valence-corrected chi connectivity index (χ2v) is 9.11. The number of nitrogens with zero attached hydrogens (tertiary/aromatic N) is 1. The highest BCUT2D eigenvalue weighted by Crippen LogP contribution is 2.25. The Bertz CT molecular complexity index is 940. The molecule has 0 saturated carbocycles. The zero-order valence-corrected chi connectivity index (χ0v) is 16.9. The van der Waals surface area contributed by atoms with Crippen LogP contribution >= 0.6 is 11.6 Å². The maximum atomic E-state index is 13.0. The van der Waals surface area contributed by atoms with Crippen LogP contribution in [0.15, 0.2) is 47.4 Å². The highest BCUT2D eigenvalue weighted by molar-refractivity contribution is 7.89. The molecule has 5 nitrogen and oxygen atoms in total. The van der Waals surface area contributed by atoms with Gasteiger partial charge in [-0.1, -0.05) is 36.6 Å². The van der Waals surface area contributed by atoms with Gasteiger partial charge >= 0.3 is 0 Å². The molecular weight excluding hydrogens is 403 g/mol. The normalized spacial score (nSPS) is 15.8. The molecule has 0 radical (unpaired) electrons. The second kappa shape index (κ2) is 9.03. The van der Waals surface area contributed by atoms with Crippen LogP contribution in [-0.4, -0.2) is 31.7 Å². The number of sulfonamides is 1. The number of carbonyl (C=O) groups excluding carboxylic acids is 1. The standard InChI is InChI=1S/C20H22ClFN2O3S/c21-19-10-9-17(28(26,27)24-11-3-1-2-4-12-24)13-18(19)20(25)23-14-15-5-7-16(22)8-6-15/h5-10,13H,1-4,11-12,14H2,(H,23,25). The Hall–Kier alpha value is -1.96. The van der Waals surface area contributed by atoms with Gasteiger partial charge in [0.1, 0.15) is 5.82 Å². The van der Waals surface area contributed by atoms with Crippen molar-refractivity contribution in [3.8, 4) is 0 Å². The maximum absolute atomic E-state index is 13.0. The van der Waals surface area contributed by atoms with Gasteiger partial charge in [-0.2, -0.15) is 4.31 Å². The molecule has 28 heavy (non-hydrogen) atoms. The highest BCUT2D eigenvalue weighted by atomic mass is 35.5. The summed E-state index contributed by atoms with van der Waals surface area (Å²) in [5.41, 5.74) is 0.818. The summed E-state index contributed by atoms with van der Waals surface area (Å²) in [6, 6.07) is 9.93. The predicted molar refractivity (Wildman–Crippen MR) is 106 cm³/mol. The lowest BCUT2D eigenvalue weighted by molar-refractivity contribution is 0.0951. The van der Waals surface area contributed by atoms with Crippen molar-refractivity contribution in [3.63, 3.8) is 0 Å². The number of hydrogen-bond donors (Lipinski definition) is 1. The van der Waals surface area contributed by atoms with E-state index in [-0.39, 0.29) is 27.8 Å². The largest absolute Gasteiger partial charge is 0.348 e. The van der Waals surface area contributed by atoms with Gasteiger partial charge in [0.2, 0.25) is 10.0 Å². The average molecular weight is 425 g/mol. The molecule has 1 heterocycles. The van der Waals surface area contributed by atoms with Crippen LogP contribution in [0.25, 0.3) is 0 Å². The van der Waals surface area contributed by atoms with Gasteiger partial charge in [0.15, 0.2) is 0 Å². The second-order valence-electron chi connectivity index (χ2n) is 6.77. The smallest absolute Gasteiger partial charge is 0.253 e. The fourth-order valence-electron chi connectivity index (χ4n) is 3.15. The topological polar surface area (TPSA) is 66.5 Å². The molecule has 1 aliphatic heterocycles. The molecule has 0 atom stereocenters. The Kier molecular flexibility index (Phi) is 6.69. The Morgan fingerprint density at radius 3 is 2.32 bits per heavy atom. The summed E-state index contributed by atoms with van der Waals surface area (Å²) < 4.78 is 40.4. The van der Waals surface area contributed by atoms with Gasteiger partial charge in [0.25, 0.3) is 5.91 Å². The van der Waals surface area contributed by atoms with Gasteiger partial charge in [-0.15, -0.1) is 0 Å². The van der Waals surface area contributed by atoms with E-state index in [0.29, 0.717) is 13.1 Å². The molecule has 0 unspecified atom stereocenters. The summed E-state index contributed by atoms with van der Waals surface area (Å²) in [4.78, 5) is 12.6. The van der Waals surface area contributed by atoms with Crippen LogP contribution in [0.1, 0.15) is 41.6 Å². The van der Waals surface area contributed by atoms with Crippen LogP contribution in [0.5, 0.6) is 0 Å². The Balaban J connectivity index is 1.78. The SMILES string of the molecule is O=C(NCc1ccc(F)cc1)c1cc(S(=O)(=O)N2CCCCCC2)ccc1Cl. The van der Waals surface area contributed by atoms with Crippen LogP contribution < -0.4 is 5.32 Å². The number of halogens is 2. The first kappa shape index (κ1) is 20.8. The van der Waals surface area contributed by atoms with Crippen LogP contribution in [0.2, 0.25) is 5.02 Å². The quantitative estimate of drug-likeness (QED) is 0.789.